The summed E-state index contributed by atoms with van der Waals surface area (Å²) in [6, 6.07) is 0. The molecule has 1 aliphatic carbocycles. The summed E-state index contributed by atoms with van der Waals surface area (Å²) < 4.78 is 0. The summed E-state index contributed by atoms with van der Waals surface area (Å²) >= 11 is 0. The first-order chi connectivity index (χ1) is 6.31. The highest BCUT2D eigenvalue weighted by molar-refractivity contribution is 7.18. The van der Waals surface area contributed by atoms with Gasteiger partial charge in [0.25, 0.3) is 0 Å². The molecule has 1 aliphatic rings. The van der Waals surface area contributed by atoms with E-state index in [9.17, 15) is 0 Å². The van der Waals surface area contributed by atoms with E-state index in [0.29, 0.717) is 10.6 Å². The smallest absolute Gasteiger partial charge is 0.0207 e. The molecule has 0 aromatic rings. The van der Waals surface area contributed by atoms with E-state index in [-0.39, 0.29) is 0 Å². The summed E-state index contributed by atoms with van der Waals surface area (Å²) in [6.07, 6.45) is 8.59. The Morgan fingerprint density at radius 1 is 1.36 bits per heavy atom. The molecule has 1 saturated carbocycles. The summed E-state index contributed by atoms with van der Waals surface area (Å²) in [5.41, 5.74) is 0.630. The van der Waals surface area contributed by atoms with Crippen molar-refractivity contribution in [3.05, 3.63) is 0 Å². The second-order valence-electron chi connectivity index (χ2n) is 6.46. The zero-order valence-corrected chi connectivity index (χ0v) is 11.6. The number of rotatable bonds is 4. The van der Waals surface area contributed by atoms with E-state index in [1.807, 2.05) is 0 Å². The van der Waals surface area contributed by atoms with Crippen molar-refractivity contribution in [2.24, 2.45) is 11.3 Å². The molecule has 0 aromatic carbocycles. The van der Waals surface area contributed by atoms with E-state index < -0.39 is 0 Å². The molecule has 2 unspecified atom stereocenters. The molecule has 0 radical (unpaired) electrons. The highest BCUT2D eigenvalue weighted by atomic mass is 31.0. The third kappa shape index (κ3) is 3.89. The van der Waals surface area contributed by atoms with Crippen LogP contribution in [0.1, 0.15) is 66.2 Å². The molecule has 0 N–H and O–H groups in total. The Labute approximate surface area is 92.4 Å². The van der Waals surface area contributed by atoms with Crippen LogP contribution in [0, 0.1) is 11.3 Å². The van der Waals surface area contributed by atoms with Crippen LogP contribution >= 0.6 is 9.24 Å². The zero-order chi connectivity index (χ0) is 10.8. The van der Waals surface area contributed by atoms with E-state index in [1.165, 1.54) is 38.5 Å². The third-order valence-electron chi connectivity index (χ3n) is 3.85. The Kier molecular flexibility index (Phi) is 4.03. The first kappa shape index (κ1) is 12.5. The van der Waals surface area contributed by atoms with Crippen LogP contribution in [0.2, 0.25) is 0 Å². The van der Waals surface area contributed by atoms with Gasteiger partial charge < -0.3 is 0 Å². The van der Waals surface area contributed by atoms with E-state index in [2.05, 4.69) is 36.9 Å². The molecule has 14 heavy (non-hydrogen) atoms. The van der Waals surface area contributed by atoms with Crippen molar-refractivity contribution in [3.63, 3.8) is 0 Å². The van der Waals surface area contributed by atoms with Gasteiger partial charge in [-0.05, 0) is 42.2 Å². The van der Waals surface area contributed by atoms with Crippen LogP contribution < -0.4 is 0 Å². The van der Waals surface area contributed by atoms with Crippen LogP contribution in [0.5, 0.6) is 0 Å². The Morgan fingerprint density at radius 3 is 2.43 bits per heavy atom. The second kappa shape index (κ2) is 4.52. The van der Waals surface area contributed by atoms with Crippen molar-refractivity contribution in [1.29, 1.82) is 0 Å². The number of hydrogen-bond donors (Lipinski definition) is 0. The quantitative estimate of drug-likeness (QED) is 0.598. The summed E-state index contributed by atoms with van der Waals surface area (Å²) in [5, 5.41) is 0.447. The Hall–Kier alpha value is 0.430. The van der Waals surface area contributed by atoms with E-state index in [0.717, 1.165) is 5.92 Å². The highest BCUT2D eigenvalue weighted by Crippen LogP contribution is 2.45. The zero-order valence-electron chi connectivity index (χ0n) is 10.4. The first-order valence-electron chi connectivity index (χ1n) is 6.10. The van der Waals surface area contributed by atoms with Crippen molar-refractivity contribution in [2.45, 2.75) is 71.4 Å². The summed E-state index contributed by atoms with van der Waals surface area (Å²) in [6.45, 7) is 9.54. The van der Waals surface area contributed by atoms with Gasteiger partial charge in [0.1, 0.15) is 0 Å². The topological polar surface area (TPSA) is 0 Å². The lowest BCUT2D eigenvalue weighted by Crippen LogP contribution is -2.18. The molecule has 1 fully saturated rings. The van der Waals surface area contributed by atoms with Gasteiger partial charge in [-0.1, -0.05) is 40.5 Å². The van der Waals surface area contributed by atoms with Gasteiger partial charge in [-0.3, -0.25) is 0 Å². The molecule has 0 bridgehead atoms. The highest BCUT2D eigenvalue weighted by Gasteiger charge is 2.33. The largest absolute Gasteiger partial charge is 0.132 e. The maximum Gasteiger partial charge on any atom is -0.0207 e. The van der Waals surface area contributed by atoms with Crippen LogP contribution in [0.3, 0.4) is 0 Å². The lowest BCUT2D eigenvalue weighted by atomic mass is 9.79. The minimum atomic E-state index is 0.447. The van der Waals surface area contributed by atoms with Crippen LogP contribution in [0.4, 0.5) is 0 Å². The minimum absolute atomic E-state index is 0.447. The minimum Gasteiger partial charge on any atom is -0.132 e. The average Bonchev–Trinajstić information content (AvgIpc) is 2.28. The van der Waals surface area contributed by atoms with E-state index in [1.54, 1.807) is 0 Å². The molecule has 0 aliphatic heterocycles. The molecule has 0 spiro atoms. The van der Waals surface area contributed by atoms with Crippen LogP contribution in [0.25, 0.3) is 0 Å². The fourth-order valence-electron chi connectivity index (χ4n) is 2.74. The Morgan fingerprint density at radius 2 is 2.00 bits per heavy atom. The summed E-state index contributed by atoms with van der Waals surface area (Å²) in [5.74, 6) is 0.995. The monoisotopic (exact) mass is 214 g/mol. The van der Waals surface area contributed by atoms with Gasteiger partial charge in [-0.25, -0.2) is 0 Å². The SMILES string of the molecule is CC(C)(P)CCCC1CCCC1(C)C. The predicted molar refractivity (Wildman–Crippen MR) is 68.8 cm³/mol. The van der Waals surface area contributed by atoms with Crippen molar-refractivity contribution in [3.8, 4) is 0 Å². The lowest BCUT2D eigenvalue weighted by Gasteiger charge is -2.28. The van der Waals surface area contributed by atoms with Gasteiger partial charge >= 0.3 is 0 Å². The molecular formula is C13H27P. The van der Waals surface area contributed by atoms with Gasteiger partial charge in [0, 0.05) is 0 Å². The number of hydrogen-bond acceptors (Lipinski definition) is 0. The van der Waals surface area contributed by atoms with E-state index >= 15 is 0 Å². The molecule has 0 saturated heterocycles. The van der Waals surface area contributed by atoms with Crippen molar-refractivity contribution < 1.29 is 0 Å². The molecule has 1 heteroatoms. The summed E-state index contributed by atoms with van der Waals surface area (Å²) in [7, 11) is 2.96. The fraction of sp³-hybridized carbons (Fsp3) is 1.00. The lowest BCUT2D eigenvalue weighted by molar-refractivity contribution is 0.238. The van der Waals surface area contributed by atoms with Gasteiger partial charge in [-0.15, -0.1) is 9.24 Å². The summed E-state index contributed by atoms with van der Waals surface area (Å²) in [4.78, 5) is 0. The maximum atomic E-state index is 2.96. The van der Waals surface area contributed by atoms with Crippen LogP contribution in [0.15, 0.2) is 0 Å². The Bertz CT molecular complexity index is 176. The molecule has 84 valence electrons. The van der Waals surface area contributed by atoms with Crippen molar-refractivity contribution in [1.82, 2.24) is 0 Å². The van der Waals surface area contributed by atoms with Gasteiger partial charge in [0.15, 0.2) is 0 Å². The van der Waals surface area contributed by atoms with Gasteiger partial charge in [0.05, 0.1) is 0 Å². The predicted octanol–water partition coefficient (Wildman–Crippen LogP) is 4.64. The third-order valence-corrected chi connectivity index (χ3v) is 4.14. The van der Waals surface area contributed by atoms with E-state index in [4.69, 9.17) is 0 Å². The molecule has 0 amide bonds. The van der Waals surface area contributed by atoms with Crippen molar-refractivity contribution >= 4 is 9.24 Å². The normalized spacial score (nSPS) is 26.8. The Balaban J connectivity index is 2.25. The molecule has 0 heterocycles. The van der Waals surface area contributed by atoms with Crippen molar-refractivity contribution in [2.75, 3.05) is 0 Å². The maximum absolute atomic E-state index is 2.96. The fourth-order valence-corrected chi connectivity index (χ4v) is 2.94. The van der Waals surface area contributed by atoms with Crippen LogP contribution in [-0.4, -0.2) is 5.16 Å². The standard InChI is InChI=1S/C13H27P/c1-12(2)9-5-7-11(12)8-6-10-13(3,4)14/h11H,5-10,14H2,1-4H3. The second-order valence-corrected chi connectivity index (χ2v) is 8.02. The average molecular weight is 214 g/mol. The molecule has 0 nitrogen and oxygen atoms in total. The molecular weight excluding hydrogens is 187 g/mol. The molecule has 1 rings (SSSR count). The first-order valence-corrected chi connectivity index (χ1v) is 6.68. The van der Waals surface area contributed by atoms with Gasteiger partial charge in [0.2, 0.25) is 0 Å². The van der Waals surface area contributed by atoms with Gasteiger partial charge in [-0.2, -0.15) is 0 Å². The molecule has 0 aromatic heterocycles. The van der Waals surface area contributed by atoms with Crippen LogP contribution in [-0.2, 0) is 0 Å². The molecule has 2 atom stereocenters.